The first-order valence-electron chi connectivity index (χ1n) is 11.7. The lowest BCUT2D eigenvalue weighted by molar-refractivity contribution is -0.137. The topological polar surface area (TPSA) is 82.4 Å². The summed E-state index contributed by atoms with van der Waals surface area (Å²) < 4.78 is 5.83. The molecule has 0 heterocycles. The summed E-state index contributed by atoms with van der Waals surface area (Å²) in [6.45, 7) is -0.182. The van der Waals surface area contributed by atoms with E-state index in [1.165, 1.54) is 0 Å². The number of hydrogen-bond donors (Lipinski definition) is 1. The van der Waals surface area contributed by atoms with Gasteiger partial charge in [-0.15, -0.1) is 0 Å². The lowest BCUT2D eigenvalue weighted by Crippen LogP contribution is -2.51. The van der Waals surface area contributed by atoms with Gasteiger partial charge in [-0.25, -0.2) is 0 Å². The highest BCUT2D eigenvalue weighted by Crippen LogP contribution is 2.25. The molecule has 0 unspecified atom stereocenters. The average Bonchev–Trinajstić information content (AvgIpc) is 3.42. The van der Waals surface area contributed by atoms with Gasteiger partial charge in [-0.2, -0.15) is 5.26 Å². The van der Waals surface area contributed by atoms with Crippen molar-refractivity contribution >= 4 is 22.6 Å². The zero-order chi connectivity index (χ0) is 23.9. The van der Waals surface area contributed by atoms with Crippen LogP contribution in [0.2, 0.25) is 0 Å². The minimum Gasteiger partial charge on any atom is -0.483 e. The van der Waals surface area contributed by atoms with E-state index in [-0.39, 0.29) is 24.5 Å². The second-order valence-electron chi connectivity index (χ2n) is 8.79. The Labute approximate surface area is 200 Å². The van der Waals surface area contributed by atoms with Crippen molar-refractivity contribution < 1.29 is 14.3 Å². The standard InChI is InChI=1S/C28H29N3O3/c1-31(23-9-3-4-10-23)28(33)25(17-20-13-15-21(18-29)16-14-20)30-27(32)19-34-26-12-6-8-22-7-2-5-11-24(22)26/h2,5-8,11-16,23,25H,3-4,9-10,17,19H2,1H3,(H,30,32)/t25-/m0/s1. The van der Waals surface area contributed by atoms with Crippen LogP contribution in [0.5, 0.6) is 5.75 Å². The fraction of sp³-hybridized carbons (Fsp3) is 0.321. The second-order valence-corrected chi connectivity index (χ2v) is 8.79. The van der Waals surface area contributed by atoms with E-state index >= 15 is 0 Å². The molecule has 6 heteroatoms. The van der Waals surface area contributed by atoms with Crippen molar-refractivity contribution in [1.82, 2.24) is 10.2 Å². The highest BCUT2D eigenvalue weighted by molar-refractivity contribution is 5.90. The number of fused-ring (bicyclic) bond motifs is 1. The minimum absolute atomic E-state index is 0.102. The maximum Gasteiger partial charge on any atom is 0.258 e. The summed E-state index contributed by atoms with van der Waals surface area (Å²) in [5.41, 5.74) is 1.44. The quantitative estimate of drug-likeness (QED) is 0.551. The van der Waals surface area contributed by atoms with E-state index < -0.39 is 6.04 Å². The molecule has 6 nitrogen and oxygen atoms in total. The Kier molecular flexibility index (Phi) is 7.44. The summed E-state index contributed by atoms with van der Waals surface area (Å²) in [6.07, 6.45) is 4.57. The fourth-order valence-electron chi connectivity index (χ4n) is 4.57. The molecule has 0 aliphatic heterocycles. The van der Waals surface area contributed by atoms with Crippen LogP contribution < -0.4 is 10.1 Å². The first-order valence-corrected chi connectivity index (χ1v) is 11.7. The molecular weight excluding hydrogens is 426 g/mol. The number of ether oxygens (including phenoxy) is 1. The Morgan fingerprint density at radius 2 is 1.76 bits per heavy atom. The highest BCUT2D eigenvalue weighted by atomic mass is 16.5. The summed E-state index contributed by atoms with van der Waals surface area (Å²) in [5.74, 6) is 0.181. The molecule has 0 spiro atoms. The van der Waals surface area contributed by atoms with Crippen LogP contribution in [0.3, 0.4) is 0 Å². The number of nitrogens with zero attached hydrogens (tertiary/aromatic N) is 2. The summed E-state index contributed by atoms with van der Waals surface area (Å²) in [7, 11) is 1.82. The number of amides is 2. The molecule has 34 heavy (non-hydrogen) atoms. The van der Waals surface area contributed by atoms with Crippen molar-refractivity contribution in [3.63, 3.8) is 0 Å². The number of carbonyl (C=O) groups is 2. The van der Waals surface area contributed by atoms with Crippen molar-refractivity contribution in [3.05, 3.63) is 77.9 Å². The van der Waals surface area contributed by atoms with E-state index in [9.17, 15) is 9.59 Å². The van der Waals surface area contributed by atoms with Gasteiger partial charge in [0.1, 0.15) is 11.8 Å². The zero-order valence-electron chi connectivity index (χ0n) is 19.4. The van der Waals surface area contributed by atoms with Gasteiger partial charge in [-0.3, -0.25) is 9.59 Å². The fourth-order valence-corrected chi connectivity index (χ4v) is 4.57. The summed E-state index contributed by atoms with van der Waals surface area (Å²) in [6, 6.07) is 22.3. The molecular formula is C28H29N3O3. The molecule has 0 bridgehead atoms. The number of nitrogens with one attached hydrogen (secondary N) is 1. The van der Waals surface area contributed by atoms with E-state index in [2.05, 4.69) is 11.4 Å². The molecule has 1 aliphatic carbocycles. The number of carbonyl (C=O) groups excluding carboxylic acids is 2. The molecule has 3 aromatic carbocycles. The predicted octanol–water partition coefficient (Wildman–Crippen LogP) is 4.22. The number of hydrogen-bond acceptors (Lipinski definition) is 4. The zero-order valence-corrected chi connectivity index (χ0v) is 19.4. The van der Waals surface area contributed by atoms with Crippen LogP contribution in [0.15, 0.2) is 66.7 Å². The first kappa shape index (κ1) is 23.3. The lowest BCUT2D eigenvalue weighted by atomic mass is 10.0. The van der Waals surface area contributed by atoms with Gasteiger partial charge in [0, 0.05) is 24.9 Å². The molecule has 174 valence electrons. The van der Waals surface area contributed by atoms with Gasteiger partial charge in [-0.1, -0.05) is 61.4 Å². The van der Waals surface area contributed by atoms with E-state index in [0.717, 1.165) is 42.0 Å². The van der Waals surface area contributed by atoms with Crippen LogP contribution in [0.25, 0.3) is 10.8 Å². The number of nitriles is 1. The molecule has 1 fully saturated rings. The van der Waals surface area contributed by atoms with Gasteiger partial charge in [0.15, 0.2) is 6.61 Å². The highest BCUT2D eigenvalue weighted by Gasteiger charge is 2.30. The van der Waals surface area contributed by atoms with Crippen molar-refractivity contribution in [1.29, 1.82) is 5.26 Å². The summed E-state index contributed by atoms with van der Waals surface area (Å²) >= 11 is 0. The monoisotopic (exact) mass is 455 g/mol. The molecule has 1 N–H and O–H groups in total. The molecule has 1 atom stereocenters. The Hall–Kier alpha value is -3.85. The normalized spacial score (nSPS) is 14.4. The molecule has 0 saturated heterocycles. The molecule has 0 aromatic heterocycles. The number of benzene rings is 3. The maximum absolute atomic E-state index is 13.4. The second kappa shape index (κ2) is 10.8. The Bertz CT molecular complexity index is 1190. The largest absolute Gasteiger partial charge is 0.483 e. The molecule has 4 rings (SSSR count). The summed E-state index contributed by atoms with van der Waals surface area (Å²) in [4.78, 5) is 28.0. The van der Waals surface area contributed by atoms with Crippen LogP contribution in [0.4, 0.5) is 0 Å². The van der Waals surface area contributed by atoms with Gasteiger partial charge < -0.3 is 15.0 Å². The van der Waals surface area contributed by atoms with Gasteiger partial charge >= 0.3 is 0 Å². The average molecular weight is 456 g/mol. The van der Waals surface area contributed by atoms with Crippen molar-refractivity contribution in [2.45, 2.75) is 44.2 Å². The maximum atomic E-state index is 13.4. The van der Waals surface area contributed by atoms with Gasteiger partial charge in [0.05, 0.1) is 11.6 Å². The first-order chi connectivity index (χ1) is 16.5. The van der Waals surface area contributed by atoms with Crippen LogP contribution in [0.1, 0.15) is 36.8 Å². The van der Waals surface area contributed by atoms with Crippen LogP contribution in [-0.2, 0) is 16.0 Å². The van der Waals surface area contributed by atoms with Crippen molar-refractivity contribution in [3.8, 4) is 11.8 Å². The number of likely N-dealkylation sites (N-methyl/N-ethyl adjacent to an activating group) is 1. The molecule has 0 radical (unpaired) electrons. The summed E-state index contributed by atoms with van der Waals surface area (Å²) in [5, 5.41) is 13.9. The minimum atomic E-state index is -0.706. The number of rotatable bonds is 8. The van der Waals surface area contributed by atoms with Gasteiger partial charge in [0.2, 0.25) is 5.91 Å². The molecule has 1 saturated carbocycles. The van der Waals surface area contributed by atoms with Crippen LogP contribution in [0, 0.1) is 11.3 Å². The van der Waals surface area contributed by atoms with E-state index in [4.69, 9.17) is 10.00 Å². The predicted molar refractivity (Wildman–Crippen MR) is 131 cm³/mol. The smallest absolute Gasteiger partial charge is 0.258 e. The van der Waals surface area contributed by atoms with E-state index in [0.29, 0.717) is 17.7 Å². The van der Waals surface area contributed by atoms with Crippen molar-refractivity contribution in [2.24, 2.45) is 0 Å². The molecule has 2 amide bonds. The third-order valence-corrected chi connectivity index (χ3v) is 6.48. The third kappa shape index (κ3) is 5.55. The Morgan fingerprint density at radius 3 is 2.50 bits per heavy atom. The van der Waals surface area contributed by atoms with Crippen LogP contribution >= 0.6 is 0 Å². The lowest BCUT2D eigenvalue weighted by Gasteiger charge is -2.29. The Morgan fingerprint density at radius 1 is 1.06 bits per heavy atom. The Balaban J connectivity index is 1.46. The van der Waals surface area contributed by atoms with Crippen LogP contribution in [-0.4, -0.2) is 42.5 Å². The van der Waals surface area contributed by atoms with Gasteiger partial charge in [-0.05, 0) is 42.0 Å². The van der Waals surface area contributed by atoms with Crippen molar-refractivity contribution in [2.75, 3.05) is 13.7 Å². The van der Waals surface area contributed by atoms with Gasteiger partial charge in [0.25, 0.3) is 5.91 Å². The van der Waals surface area contributed by atoms with E-state index in [1.54, 1.807) is 17.0 Å². The molecule has 3 aromatic rings. The third-order valence-electron chi connectivity index (χ3n) is 6.48. The SMILES string of the molecule is CN(C(=O)[C@H](Cc1ccc(C#N)cc1)NC(=O)COc1cccc2ccccc12)C1CCCC1. The molecule has 1 aliphatic rings. The van der Waals surface area contributed by atoms with E-state index in [1.807, 2.05) is 61.6 Å².